The van der Waals surface area contributed by atoms with Crippen LogP contribution in [0.5, 0.6) is 0 Å². The van der Waals surface area contributed by atoms with Crippen LogP contribution >= 0.6 is 0 Å². The van der Waals surface area contributed by atoms with Gasteiger partial charge in [-0.15, -0.1) is 0 Å². The minimum atomic E-state index is -0.634. The average Bonchev–Trinajstić information content (AvgIpc) is 3.19. The highest BCUT2D eigenvalue weighted by molar-refractivity contribution is 6.06. The number of carbonyl (C=O) groups excluding carboxylic acids is 3. The molecule has 28 heavy (non-hydrogen) atoms. The van der Waals surface area contributed by atoms with Crippen LogP contribution < -0.4 is 16.0 Å². The van der Waals surface area contributed by atoms with Gasteiger partial charge in [0.1, 0.15) is 5.82 Å². The molecule has 0 bridgehead atoms. The molecule has 8 heteroatoms. The Balaban J connectivity index is 1.68. The molecule has 7 nitrogen and oxygen atoms in total. The van der Waals surface area contributed by atoms with Crippen molar-refractivity contribution in [3.63, 3.8) is 0 Å². The lowest BCUT2D eigenvalue weighted by Gasteiger charge is -2.10. The molecule has 0 radical (unpaired) electrons. The molecule has 1 aromatic heterocycles. The lowest BCUT2D eigenvalue weighted by molar-refractivity contribution is -0.114. The molecule has 1 heterocycles. The average molecular weight is 381 g/mol. The second-order valence-corrected chi connectivity index (χ2v) is 5.84. The molecule has 2 aromatic carbocycles. The summed E-state index contributed by atoms with van der Waals surface area (Å²) in [5.41, 5.74) is 1.03. The molecule has 0 unspecified atom stereocenters. The van der Waals surface area contributed by atoms with E-state index in [1.807, 2.05) is 0 Å². The summed E-state index contributed by atoms with van der Waals surface area (Å²) in [6.07, 6.45) is 1.39. The fourth-order valence-electron chi connectivity index (χ4n) is 2.40. The highest BCUT2D eigenvalue weighted by atomic mass is 19.1. The fourth-order valence-corrected chi connectivity index (χ4v) is 2.40. The summed E-state index contributed by atoms with van der Waals surface area (Å²) in [5.74, 6) is -1.74. The van der Waals surface area contributed by atoms with E-state index >= 15 is 0 Å². The van der Waals surface area contributed by atoms with Crippen LogP contribution in [-0.4, -0.2) is 17.7 Å². The van der Waals surface area contributed by atoms with Crippen molar-refractivity contribution in [3.8, 4) is 0 Å². The Morgan fingerprint density at radius 2 is 1.57 bits per heavy atom. The highest BCUT2D eigenvalue weighted by Crippen LogP contribution is 2.21. The van der Waals surface area contributed by atoms with Crippen LogP contribution in [0.25, 0.3) is 0 Å². The topological polar surface area (TPSA) is 100 Å². The zero-order valence-electron chi connectivity index (χ0n) is 14.8. The van der Waals surface area contributed by atoms with Crippen molar-refractivity contribution in [1.29, 1.82) is 0 Å². The predicted octanol–water partition coefficient (Wildman–Crippen LogP) is 3.88. The summed E-state index contributed by atoms with van der Waals surface area (Å²) in [6.45, 7) is 1.33. The molecule has 3 amide bonds. The van der Waals surface area contributed by atoms with Gasteiger partial charge in [-0.1, -0.05) is 0 Å². The van der Waals surface area contributed by atoms with Crippen LogP contribution in [-0.2, 0) is 4.79 Å². The molecule has 142 valence electrons. The van der Waals surface area contributed by atoms with Crippen LogP contribution in [0, 0.1) is 5.82 Å². The molecule has 0 aliphatic heterocycles. The maximum absolute atomic E-state index is 13.9. The first-order valence-electron chi connectivity index (χ1n) is 8.26. The molecule has 0 spiro atoms. The van der Waals surface area contributed by atoms with Crippen molar-refractivity contribution < 1.29 is 23.2 Å². The molecule has 0 atom stereocenters. The number of benzene rings is 2. The third kappa shape index (κ3) is 4.61. The first-order chi connectivity index (χ1) is 13.4. The first kappa shape index (κ1) is 18.8. The van der Waals surface area contributed by atoms with Gasteiger partial charge in [0.15, 0.2) is 5.76 Å². The quantitative estimate of drug-likeness (QED) is 0.624. The number of halogens is 1. The molecule has 0 saturated heterocycles. The van der Waals surface area contributed by atoms with Crippen molar-refractivity contribution in [2.24, 2.45) is 0 Å². The number of anilines is 3. The highest BCUT2D eigenvalue weighted by Gasteiger charge is 2.12. The zero-order chi connectivity index (χ0) is 20.1. The lowest BCUT2D eigenvalue weighted by atomic mass is 10.1. The van der Waals surface area contributed by atoms with Gasteiger partial charge in [-0.3, -0.25) is 14.4 Å². The minimum Gasteiger partial charge on any atom is -0.459 e. The zero-order valence-corrected chi connectivity index (χ0v) is 14.8. The number of hydrogen-bond acceptors (Lipinski definition) is 4. The standard InChI is InChI=1S/C20H16FN3O4/c1-12(25)22-15-8-9-16(21)17(11-15)24-19(26)13-4-6-14(7-5-13)23-20(27)18-3-2-10-28-18/h2-11H,1H3,(H,22,25)(H,23,27)(H,24,26). The summed E-state index contributed by atoms with van der Waals surface area (Å²) >= 11 is 0. The van der Waals surface area contributed by atoms with E-state index < -0.39 is 17.6 Å². The van der Waals surface area contributed by atoms with Gasteiger partial charge in [0.05, 0.1) is 12.0 Å². The number of amides is 3. The second kappa shape index (κ2) is 8.17. The molecule has 0 aliphatic rings. The Labute approximate surface area is 159 Å². The number of hydrogen-bond donors (Lipinski definition) is 3. The maximum atomic E-state index is 13.9. The monoisotopic (exact) mass is 381 g/mol. The third-order valence-electron chi connectivity index (χ3n) is 3.68. The van der Waals surface area contributed by atoms with Crippen molar-refractivity contribution in [2.75, 3.05) is 16.0 Å². The van der Waals surface area contributed by atoms with Crippen molar-refractivity contribution >= 4 is 34.8 Å². The van der Waals surface area contributed by atoms with E-state index in [4.69, 9.17) is 4.42 Å². The van der Waals surface area contributed by atoms with Crippen molar-refractivity contribution in [1.82, 2.24) is 0 Å². The molecular formula is C20H16FN3O4. The van der Waals surface area contributed by atoms with E-state index in [9.17, 15) is 18.8 Å². The van der Waals surface area contributed by atoms with Crippen LogP contribution in [0.2, 0.25) is 0 Å². The summed E-state index contributed by atoms with van der Waals surface area (Å²) in [5, 5.41) is 7.60. The van der Waals surface area contributed by atoms with Gasteiger partial charge in [-0.05, 0) is 54.6 Å². The number of furan rings is 1. The second-order valence-electron chi connectivity index (χ2n) is 5.84. The SMILES string of the molecule is CC(=O)Nc1ccc(F)c(NC(=O)c2ccc(NC(=O)c3ccco3)cc2)c1. The smallest absolute Gasteiger partial charge is 0.291 e. The maximum Gasteiger partial charge on any atom is 0.291 e. The van der Waals surface area contributed by atoms with E-state index in [0.717, 1.165) is 6.07 Å². The van der Waals surface area contributed by atoms with Crippen LogP contribution in [0.15, 0.2) is 65.3 Å². The number of rotatable bonds is 5. The molecule has 3 aromatic rings. The minimum absolute atomic E-state index is 0.0635. The van der Waals surface area contributed by atoms with Gasteiger partial charge >= 0.3 is 0 Å². The Hall–Kier alpha value is -3.94. The van der Waals surface area contributed by atoms with E-state index in [0.29, 0.717) is 11.4 Å². The van der Waals surface area contributed by atoms with Gasteiger partial charge in [0.2, 0.25) is 5.91 Å². The number of nitrogens with one attached hydrogen (secondary N) is 3. The van der Waals surface area contributed by atoms with Crippen molar-refractivity contribution in [3.05, 3.63) is 78.0 Å². The van der Waals surface area contributed by atoms with Gasteiger partial charge in [-0.2, -0.15) is 0 Å². The van der Waals surface area contributed by atoms with Crippen LogP contribution in [0.4, 0.5) is 21.5 Å². The molecule has 3 N–H and O–H groups in total. The van der Waals surface area contributed by atoms with E-state index in [-0.39, 0.29) is 22.9 Å². The van der Waals surface area contributed by atoms with E-state index in [2.05, 4.69) is 16.0 Å². The van der Waals surface area contributed by atoms with Gasteiger partial charge in [-0.25, -0.2) is 4.39 Å². The summed E-state index contributed by atoms with van der Waals surface area (Å²) in [7, 11) is 0. The molecule has 0 fully saturated rings. The van der Waals surface area contributed by atoms with Crippen molar-refractivity contribution in [2.45, 2.75) is 6.92 Å². The number of carbonyl (C=O) groups is 3. The summed E-state index contributed by atoms with van der Waals surface area (Å²) in [6, 6.07) is 13.1. The Morgan fingerprint density at radius 3 is 2.21 bits per heavy atom. The predicted molar refractivity (Wildman–Crippen MR) is 102 cm³/mol. The molecule has 0 saturated carbocycles. The van der Waals surface area contributed by atoms with Crippen LogP contribution in [0.3, 0.4) is 0 Å². The third-order valence-corrected chi connectivity index (χ3v) is 3.68. The Bertz CT molecular complexity index is 1010. The van der Waals surface area contributed by atoms with Gasteiger partial charge in [0.25, 0.3) is 11.8 Å². The van der Waals surface area contributed by atoms with Gasteiger partial charge < -0.3 is 20.4 Å². The largest absolute Gasteiger partial charge is 0.459 e. The molecular weight excluding hydrogens is 365 g/mol. The normalized spacial score (nSPS) is 10.2. The Kier molecular flexibility index (Phi) is 5.50. The fraction of sp³-hybridized carbons (Fsp3) is 0.0500. The first-order valence-corrected chi connectivity index (χ1v) is 8.26. The molecule has 3 rings (SSSR count). The molecule has 0 aliphatic carbocycles. The summed E-state index contributed by atoms with van der Waals surface area (Å²) < 4.78 is 18.9. The van der Waals surface area contributed by atoms with Crippen LogP contribution in [0.1, 0.15) is 27.8 Å². The van der Waals surface area contributed by atoms with Gasteiger partial charge in [0, 0.05) is 23.9 Å². The van der Waals surface area contributed by atoms with E-state index in [1.54, 1.807) is 18.2 Å². The Morgan fingerprint density at radius 1 is 0.857 bits per heavy atom. The van der Waals surface area contributed by atoms with E-state index in [1.165, 1.54) is 43.5 Å². The lowest BCUT2D eigenvalue weighted by Crippen LogP contribution is -2.14. The summed E-state index contributed by atoms with van der Waals surface area (Å²) in [4.78, 5) is 35.4.